The van der Waals surface area contributed by atoms with Crippen molar-refractivity contribution in [2.45, 2.75) is 57.4 Å². The number of benzene rings is 1. The molecule has 1 saturated heterocycles. The van der Waals surface area contributed by atoms with Crippen LogP contribution in [0.3, 0.4) is 0 Å². The molecule has 2 atom stereocenters. The van der Waals surface area contributed by atoms with Crippen LogP contribution >= 0.6 is 0 Å². The minimum absolute atomic E-state index is 0.222. The number of hydrogen-bond donors (Lipinski definition) is 2. The summed E-state index contributed by atoms with van der Waals surface area (Å²) in [5.41, 5.74) is 9.02. The van der Waals surface area contributed by atoms with Gasteiger partial charge in [0.2, 0.25) is 0 Å². The van der Waals surface area contributed by atoms with Gasteiger partial charge in [0, 0.05) is 18.5 Å². The molecule has 1 aliphatic rings. The van der Waals surface area contributed by atoms with Crippen molar-refractivity contribution in [1.82, 2.24) is 5.32 Å². The molecule has 2 rings (SSSR count). The fourth-order valence-electron chi connectivity index (χ4n) is 2.99. The van der Waals surface area contributed by atoms with Crippen LogP contribution in [0.5, 0.6) is 0 Å². The lowest BCUT2D eigenvalue weighted by atomic mass is 9.83. The van der Waals surface area contributed by atoms with Gasteiger partial charge in [-0.2, -0.15) is 0 Å². The largest absolute Gasteiger partial charge is 0.330 e. The maximum absolute atomic E-state index is 6.02. The predicted octanol–water partition coefficient (Wildman–Crippen LogP) is 3.17. The monoisotopic (exact) mass is 260 g/mol. The van der Waals surface area contributed by atoms with Crippen LogP contribution in [0.4, 0.5) is 0 Å². The molecule has 1 aromatic carbocycles. The third-order valence-electron chi connectivity index (χ3n) is 4.29. The molecule has 106 valence electrons. The molecule has 0 radical (unpaired) electrons. The molecule has 3 N–H and O–H groups in total. The first-order valence-corrected chi connectivity index (χ1v) is 7.56. The maximum atomic E-state index is 6.02. The summed E-state index contributed by atoms with van der Waals surface area (Å²) in [5, 5.41) is 3.63. The van der Waals surface area contributed by atoms with E-state index in [0.717, 1.165) is 13.1 Å². The zero-order valence-electron chi connectivity index (χ0n) is 12.6. The molecule has 1 heterocycles. The first-order valence-electron chi connectivity index (χ1n) is 7.56. The lowest BCUT2D eigenvalue weighted by molar-refractivity contribution is 0.352. The van der Waals surface area contributed by atoms with Crippen LogP contribution in [0.1, 0.15) is 57.1 Å². The van der Waals surface area contributed by atoms with E-state index >= 15 is 0 Å². The van der Waals surface area contributed by atoms with Crippen LogP contribution in [-0.2, 0) is 5.41 Å². The second-order valence-electron chi connectivity index (χ2n) is 6.77. The van der Waals surface area contributed by atoms with Gasteiger partial charge in [-0.3, -0.25) is 0 Å². The van der Waals surface area contributed by atoms with Crippen LogP contribution in [-0.4, -0.2) is 19.1 Å². The Morgan fingerprint density at radius 1 is 1.21 bits per heavy atom. The van der Waals surface area contributed by atoms with Gasteiger partial charge in [-0.1, -0.05) is 51.5 Å². The van der Waals surface area contributed by atoms with Crippen LogP contribution in [0.25, 0.3) is 0 Å². The summed E-state index contributed by atoms with van der Waals surface area (Å²) in [6.07, 6.45) is 3.88. The summed E-state index contributed by atoms with van der Waals surface area (Å²) in [6, 6.07) is 9.63. The van der Waals surface area contributed by atoms with Gasteiger partial charge in [0.05, 0.1) is 0 Å². The molecule has 0 aliphatic carbocycles. The second-order valence-corrected chi connectivity index (χ2v) is 6.77. The Balaban J connectivity index is 2.14. The van der Waals surface area contributed by atoms with Gasteiger partial charge in [0.1, 0.15) is 0 Å². The fraction of sp³-hybridized carbons (Fsp3) is 0.647. The molecule has 0 aromatic heterocycles. The zero-order chi connectivity index (χ0) is 13.9. The van der Waals surface area contributed by atoms with E-state index in [-0.39, 0.29) is 5.41 Å². The first-order chi connectivity index (χ1) is 9.02. The van der Waals surface area contributed by atoms with Crippen LogP contribution < -0.4 is 11.1 Å². The molecule has 19 heavy (non-hydrogen) atoms. The molecular weight excluding hydrogens is 232 g/mol. The topological polar surface area (TPSA) is 38.0 Å². The van der Waals surface area contributed by atoms with E-state index in [4.69, 9.17) is 5.73 Å². The van der Waals surface area contributed by atoms with Crippen LogP contribution in [0.2, 0.25) is 0 Å². The SMILES string of the molecule is CC(C)(C)c1ccc(C(CN)C2CCCCN2)cc1. The summed E-state index contributed by atoms with van der Waals surface area (Å²) in [7, 11) is 0. The standard InChI is InChI=1S/C17H28N2/c1-17(2,3)14-9-7-13(8-10-14)15(12-18)16-6-4-5-11-19-16/h7-10,15-16,19H,4-6,11-12,18H2,1-3H3. The van der Waals surface area contributed by atoms with Gasteiger partial charge in [-0.05, 0) is 35.9 Å². The average molecular weight is 260 g/mol. The van der Waals surface area contributed by atoms with Crippen molar-refractivity contribution in [2.24, 2.45) is 5.73 Å². The van der Waals surface area contributed by atoms with Gasteiger partial charge >= 0.3 is 0 Å². The summed E-state index contributed by atoms with van der Waals surface area (Å²) in [4.78, 5) is 0. The van der Waals surface area contributed by atoms with Crippen LogP contribution in [0.15, 0.2) is 24.3 Å². The third kappa shape index (κ3) is 3.58. The molecule has 0 bridgehead atoms. The predicted molar refractivity (Wildman–Crippen MR) is 82.6 cm³/mol. The smallest absolute Gasteiger partial charge is 0.0148 e. The van der Waals surface area contributed by atoms with Gasteiger partial charge in [-0.15, -0.1) is 0 Å². The number of piperidine rings is 1. The quantitative estimate of drug-likeness (QED) is 0.876. The van der Waals surface area contributed by atoms with Crippen molar-refractivity contribution in [3.8, 4) is 0 Å². The van der Waals surface area contributed by atoms with Gasteiger partial charge in [0.15, 0.2) is 0 Å². The lowest BCUT2D eigenvalue weighted by Gasteiger charge is -2.31. The molecule has 1 fully saturated rings. The average Bonchev–Trinajstić information content (AvgIpc) is 2.40. The van der Waals surface area contributed by atoms with E-state index in [1.54, 1.807) is 0 Å². The van der Waals surface area contributed by atoms with Crippen molar-refractivity contribution in [2.75, 3.05) is 13.1 Å². The van der Waals surface area contributed by atoms with E-state index in [0.29, 0.717) is 12.0 Å². The van der Waals surface area contributed by atoms with E-state index in [2.05, 4.69) is 50.4 Å². The highest BCUT2D eigenvalue weighted by Gasteiger charge is 2.24. The molecular formula is C17H28N2. The molecule has 2 nitrogen and oxygen atoms in total. The number of rotatable bonds is 3. The minimum Gasteiger partial charge on any atom is -0.330 e. The number of nitrogens with one attached hydrogen (secondary N) is 1. The van der Waals surface area contributed by atoms with Gasteiger partial charge in [0.25, 0.3) is 0 Å². The van der Waals surface area contributed by atoms with Crippen molar-refractivity contribution in [3.05, 3.63) is 35.4 Å². The third-order valence-corrected chi connectivity index (χ3v) is 4.29. The summed E-state index contributed by atoms with van der Waals surface area (Å²) in [6.45, 7) is 8.63. The molecule has 1 aliphatic heterocycles. The van der Waals surface area contributed by atoms with Crippen LogP contribution in [0, 0.1) is 0 Å². The Morgan fingerprint density at radius 2 is 1.89 bits per heavy atom. The van der Waals surface area contributed by atoms with E-state index in [1.165, 1.54) is 30.4 Å². The highest BCUT2D eigenvalue weighted by molar-refractivity contribution is 5.30. The Morgan fingerprint density at radius 3 is 2.37 bits per heavy atom. The Bertz CT molecular complexity index is 383. The molecule has 2 unspecified atom stereocenters. The number of nitrogens with two attached hydrogens (primary N) is 1. The maximum Gasteiger partial charge on any atom is 0.0148 e. The molecule has 2 heteroatoms. The van der Waals surface area contributed by atoms with Gasteiger partial charge in [-0.25, -0.2) is 0 Å². The molecule has 0 saturated carbocycles. The zero-order valence-corrected chi connectivity index (χ0v) is 12.6. The highest BCUT2D eigenvalue weighted by Crippen LogP contribution is 2.27. The van der Waals surface area contributed by atoms with Crippen molar-refractivity contribution < 1.29 is 0 Å². The van der Waals surface area contributed by atoms with Gasteiger partial charge < -0.3 is 11.1 Å². The number of hydrogen-bond acceptors (Lipinski definition) is 2. The lowest BCUT2D eigenvalue weighted by Crippen LogP contribution is -2.41. The molecule has 1 aromatic rings. The molecule has 0 amide bonds. The van der Waals surface area contributed by atoms with Crippen molar-refractivity contribution in [1.29, 1.82) is 0 Å². The summed E-state index contributed by atoms with van der Waals surface area (Å²) < 4.78 is 0. The summed E-state index contributed by atoms with van der Waals surface area (Å²) >= 11 is 0. The Kier molecular flexibility index (Phi) is 4.64. The van der Waals surface area contributed by atoms with E-state index < -0.39 is 0 Å². The summed E-state index contributed by atoms with van der Waals surface area (Å²) in [5.74, 6) is 0.453. The normalized spacial score (nSPS) is 22.2. The van der Waals surface area contributed by atoms with E-state index in [9.17, 15) is 0 Å². The Hall–Kier alpha value is -0.860. The fourth-order valence-corrected chi connectivity index (χ4v) is 2.99. The van der Waals surface area contributed by atoms with Crippen molar-refractivity contribution in [3.63, 3.8) is 0 Å². The second kappa shape index (κ2) is 6.06. The van der Waals surface area contributed by atoms with Crippen molar-refractivity contribution >= 4 is 0 Å². The minimum atomic E-state index is 0.222. The molecule has 0 spiro atoms. The Labute approximate surface area is 117 Å². The van der Waals surface area contributed by atoms with E-state index in [1.807, 2.05) is 0 Å². The highest BCUT2D eigenvalue weighted by atomic mass is 14.9. The first kappa shape index (κ1) is 14.5.